The van der Waals surface area contributed by atoms with Crippen LogP contribution in [0.5, 0.6) is 0 Å². The van der Waals surface area contributed by atoms with Crippen LogP contribution in [-0.2, 0) is 0 Å². The average Bonchev–Trinajstić information content (AvgIpc) is 2.41. The molecule has 0 amide bonds. The van der Waals surface area contributed by atoms with Gasteiger partial charge in [-0.1, -0.05) is 35.9 Å². The van der Waals surface area contributed by atoms with Gasteiger partial charge in [0.25, 0.3) is 0 Å². The normalized spacial score (nSPS) is 10.9. The van der Waals surface area contributed by atoms with Crippen molar-refractivity contribution >= 4 is 10.8 Å². The quantitative estimate of drug-likeness (QED) is 0.600. The second-order valence-electron chi connectivity index (χ2n) is 5.13. The summed E-state index contributed by atoms with van der Waals surface area (Å²) in [5, 5.41) is 2.48. The van der Waals surface area contributed by atoms with Crippen LogP contribution in [0.25, 0.3) is 22.0 Å². The van der Waals surface area contributed by atoms with E-state index in [9.17, 15) is 0 Å². The molecule has 2 aromatic carbocycles. The number of hydrogen-bond donors (Lipinski definition) is 0. The van der Waals surface area contributed by atoms with Gasteiger partial charge in [0.15, 0.2) is 0 Å². The van der Waals surface area contributed by atoms with Crippen molar-refractivity contribution < 1.29 is 0 Å². The lowest BCUT2D eigenvalue weighted by atomic mass is 9.96. The van der Waals surface area contributed by atoms with E-state index in [1.54, 1.807) is 0 Å². The zero-order chi connectivity index (χ0) is 13.4. The summed E-state index contributed by atoms with van der Waals surface area (Å²) in [4.78, 5) is 4.62. The van der Waals surface area contributed by atoms with Gasteiger partial charge >= 0.3 is 0 Å². The highest BCUT2D eigenvalue weighted by Gasteiger charge is 2.09. The van der Waals surface area contributed by atoms with Crippen LogP contribution in [-0.4, -0.2) is 4.98 Å². The minimum absolute atomic E-state index is 1.09. The molecule has 0 aliphatic rings. The summed E-state index contributed by atoms with van der Waals surface area (Å²) in [5.74, 6) is 0. The van der Waals surface area contributed by atoms with Gasteiger partial charge in [-0.25, -0.2) is 0 Å². The number of pyridine rings is 1. The largest absolute Gasteiger partial charge is 0.256 e. The molecule has 19 heavy (non-hydrogen) atoms. The van der Waals surface area contributed by atoms with E-state index in [1.807, 2.05) is 6.20 Å². The Balaban J connectivity index is 2.36. The lowest BCUT2D eigenvalue weighted by molar-refractivity contribution is 1.29. The zero-order valence-corrected chi connectivity index (χ0v) is 11.6. The van der Waals surface area contributed by atoms with Crippen molar-refractivity contribution in [2.75, 3.05) is 0 Å². The highest BCUT2D eigenvalue weighted by molar-refractivity contribution is 5.95. The van der Waals surface area contributed by atoms with Crippen LogP contribution in [0.2, 0.25) is 0 Å². The van der Waals surface area contributed by atoms with Gasteiger partial charge in [-0.2, -0.15) is 0 Å². The summed E-state index contributed by atoms with van der Waals surface area (Å²) in [6.07, 6.45) is 1.90. The molecule has 0 radical (unpaired) electrons. The second kappa shape index (κ2) is 4.51. The molecule has 1 heterocycles. The number of benzene rings is 2. The predicted molar refractivity (Wildman–Crippen MR) is 81.4 cm³/mol. The maximum absolute atomic E-state index is 4.62. The van der Waals surface area contributed by atoms with Crippen LogP contribution in [0.4, 0.5) is 0 Å². The molecular formula is C18H17N. The molecule has 0 unspecified atom stereocenters. The Bertz CT molecular complexity index is 757. The molecule has 0 aliphatic carbocycles. The third-order valence-corrected chi connectivity index (χ3v) is 3.78. The van der Waals surface area contributed by atoms with Crippen LogP contribution < -0.4 is 0 Å². The van der Waals surface area contributed by atoms with Crippen molar-refractivity contribution in [3.05, 3.63) is 65.4 Å². The van der Waals surface area contributed by atoms with E-state index >= 15 is 0 Å². The molecule has 0 spiro atoms. The fourth-order valence-electron chi connectivity index (χ4n) is 2.50. The van der Waals surface area contributed by atoms with Gasteiger partial charge in [0.1, 0.15) is 0 Å². The molecule has 0 saturated carbocycles. The lowest BCUT2D eigenvalue weighted by Crippen LogP contribution is -1.91. The van der Waals surface area contributed by atoms with E-state index in [-0.39, 0.29) is 0 Å². The third kappa shape index (κ3) is 2.01. The molecule has 94 valence electrons. The Morgan fingerprint density at radius 1 is 0.895 bits per heavy atom. The number of nitrogens with zero attached hydrogens (tertiary/aromatic N) is 1. The number of fused-ring (bicyclic) bond motifs is 1. The standard InChI is InChI=1S/C18H17N/c1-12-7-8-15-9-10-19-18(17(15)11-12)16-6-4-5-13(2)14(16)3/h4-11H,1-3H3. The molecule has 0 saturated heterocycles. The van der Waals surface area contributed by atoms with Crippen molar-refractivity contribution in [1.29, 1.82) is 0 Å². The average molecular weight is 247 g/mol. The van der Waals surface area contributed by atoms with Crippen molar-refractivity contribution in [2.45, 2.75) is 20.8 Å². The number of rotatable bonds is 1. The SMILES string of the molecule is Cc1ccc2ccnc(-c3cccc(C)c3C)c2c1. The molecule has 3 rings (SSSR count). The summed E-state index contributed by atoms with van der Waals surface area (Å²) in [6.45, 7) is 6.44. The first-order valence-electron chi connectivity index (χ1n) is 6.59. The van der Waals surface area contributed by atoms with Crippen molar-refractivity contribution in [3.8, 4) is 11.3 Å². The van der Waals surface area contributed by atoms with Crippen LogP contribution in [0.1, 0.15) is 16.7 Å². The summed E-state index contributed by atoms with van der Waals surface area (Å²) >= 11 is 0. The minimum Gasteiger partial charge on any atom is -0.256 e. The fraction of sp³-hybridized carbons (Fsp3) is 0.167. The van der Waals surface area contributed by atoms with Crippen molar-refractivity contribution in [1.82, 2.24) is 4.98 Å². The Kier molecular flexibility index (Phi) is 2.83. The van der Waals surface area contributed by atoms with Gasteiger partial charge in [0.05, 0.1) is 5.69 Å². The molecule has 1 heteroatoms. The summed E-state index contributed by atoms with van der Waals surface area (Å²) in [5.41, 5.74) is 6.21. The molecule has 0 fully saturated rings. The first kappa shape index (κ1) is 11.9. The van der Waals surface area contributed by atoms with E-state index in [0.29, 0.717) is 0 Å². The monoisotopic (exact) mass is 247 g/mol. The summed E-state index contributed by atoms with van der Waals surface area (Å²) < 4.78 is 0. The first-order valence-corrected chi connectivity index (χ1v) is 6.59. The Morgan fingerprint density at radius 2 is 1.74 bits per heavy atom. The van der Waals surface area contributed by atoms with Gasteiger partial charge in [-0.05, 0) is 49.4 Å². The van der Waals surface area contributed by atoms with E-state index in [1.165, 1.54) is 33.0 Å². The molecule has 0 atom stereocenters. The Hall–Kier alpha value is -2.15. The van der Waals surface area contributed by atoms with Gasteiger partial charge in [0, 0.05) is 17.1 Å². The first-order chi connectivity index (χ1) is 9.16. The van der Waals surface area contributed by atoms with Gasteiger partial charge in [-0.15, -0.1) is 0 Å². The summed E-state index contributed by atoms with van der Waals surface area (Å²) in [7, 11) is 0. The lowest BCUT2D eigenvalue weighted by Gasteiger charge is -2.11. The Morgan fingerprint density at radius 3 is 2.58 bits per heavy atom. The summed E-state index contributed by atoms with van der Waals surface area (Å²) in [6, 6.07) is 15.0. The number of aryl methyl sites for hydroxylation is 2. The molecule has 1 aromatic heterocycles. The van der Waals surface area contributed by atoms with Crippen LogP contribution in [0.3, 0.4) is 0 Å². The van der Waals surface area contributed by atoms with Gasteiger partial charge < -0.3 is 0 Å². The van der Waals surface area contributed by atoms with Gasteiger partial charge in [0.2, 0.25) is 0 Å². The molecule has 3 aromatic rings. The van der Waals surface area contributed by atoms with Crippen molar-refractivity contribution in [2.24, 2.45) is 0 Å². The highest BCUT2D eigenvalue weighted by Crippen LogP contribution is 2.30. The number of hydrogen-bond acceptors (Lipinski definition) is 1. The molecular weight excluding hydrogens is 230 g/mol. The van der Waals surface area contributed by atoms with E-state index in [4.69, 9.17) is 0 Å². The number of aromatic nitrogens is 1. The second-order valence-corrected chi connectivity index (χ2v) is 5.13. The maximum Gasteiger partial charge on any atom is 0.0783 e. The smallest absolute Gasteiger partial charge is 0.0783 e. The van der Waals surface area contributed by atoms with E-state index < -0.39 is 0 Å². The molecule has 0 N–H and O–H groups in total. The maximum atomic E-state index is 4.62. The predicted octanol–water partition coefficient (Wildman–Crippen LogP) is 4.83. The molecule has 0 aliphatic heterocycles. The minimum atomic E-state index is 1.09. The fourth-order valence-corrected chi connectivity index (χ4v) is 2.50. The van der Waals surface area contributed by atoms with Gasteiger partial charge in [-0.3, -0.25) is 4.98 Å². The van der Waals surface area contributed by atoms with E-state index in [0.717, 1.165) is 5.69 Å². The van der Waals surface area contributed by atoms with Crippen LogP contribution >= 0.6 is 0 Å². The van der Waals surface area contributed by atoms with E-state index in [2.05, 4.69) is 68.2 Å². The van der Waals surface area contributed by atoms with Crippen LogP contribution in [0.15, 0.2) is 48.7 Å². The highest BCUT2D eigenvalue weighted by atomic mass is 14.7. The van der Waals surface area contributed by atoms with Crippen LogP contribution in [0, 0.1) is 20.8 Å². The molecule has 1 nitrogen and oxygen atoms in total. The third-order valence-electron chi connectivity index (χ3n) is 3.78. The zero-order valence-electron chi connectivity index (χ0n) is 11.6. The topological polar surface area (TPSA) is 12.9 Å². The molecule has 0 bridgehead atoms. The van der Waals surface area contributed by atoms with Crippen molar-refractivity contribution in [3.63, 3.8) is 0 Å². The Labute approximate surface area is 113 Å².